The fraction of sp³-hybridized carbons (Fsp3) is 0.438. The standard InChI is InChI=1S/C16H20O2/c1-16(12-17)9-7-14(8-10-16)15(18)11-13-5-3-2-4-6-13/h2-5,7-9,13,17H,6,10-12H2,1H3. The van der Waals surface area contributed by atoms with E-state index in [1.807, 2.05) is 37.3 Å². The first-order chi connectivity index (χ1) is 8.63. The van der Waals surface area contributed by atoms with Crippen molar-refractivity contribution in [2.75, 3.05) is 6.61 Å². The van der Waals surface area contributed by atoms with E-state index in [4.69, 9.17) is 0 Å². The molecule has 0 aromatic heterocycles. The zero-order valence-corrected chi connectivity index (χ0v) is 10.8. The Balaban J connectivity index is 1.93. The average molecular weight is 244 g/mol. The van der Waals surface area contributed by atoms with Gasteiger partial charge >= 0.3 is 0 Å². The predicted octanol–water partition coefficient (Wildman–Crippen LogP) is 2.96. The minimum atomic E-state index is -0.197. The molecule has 0 saturated carbocycles. The van der Waals surface area contributed by atoms with Gasteiger partial charge in [0.2, 0.25) is 0 Å². The van der Waals surface area contributed by atoms with Crippen LogP contribution in [0.1, 0.15) is 26.2 Å². The second kappa shape index (κ2) is 5.49. The van der Waals surface area contributed by atoms with Crippen molar-refractivity contribution in [1.82, 2.24) is 0 Å². The number of allylic oxidation sites excluding steroid dienone is 7. The zero-order chi connectivity index (χ0) is 13.0. The molecule has 0 radical (unpaired) electrons. The summed E-state index contributed by atoms with van der Waals surface area (Å²) in [6.45, 7) is 2.12. The summed E-state index contributed by atoms with van der Waals surface area (Å²) in [6, 6.07) is 0. The lowest BCUT2D eigenvalue weighted by molar-refractivity contribution is -0.115. The van der Waals surface area contributed by atoms with Crippen LogP contribution >= 0.6 is 0 Å². The van der Waals surface area contributed by atoms with Gasteiger partial charge in [-0.25, -0.2) is 0 Å². The Labute approximate surface area is 108 Å². The van der Waals surface area contributed by atoms with Gasteiger partial charge in [-0.3, -0.25) is 4.79 Å². The van der Waals surface area contributed by atoms with E-state index in [2.05, 4.69) is 12.2 Å². The van der Waals surface area contributed by atoms with Crippen LogP contribution in [-0.2, 0) is 4.79 Å². The molecule has 2 atom stereocenters. The fourth-order valence-corrected chi connectivity index (χ4v) is 2.23. The van der Waals surface area contributed by atoms with Crippen LogP contribution in [0, 0.1) is 11.3 Å². The highest BCUT2D eigenvalue weighted by Crippen LogP contribution is 2.30. The molecule has 0 saturated heterocycles. The minimum absolute atomic E-state index is 0.123. The molecule has 0 aromatic carbocycles. The number of rotatable bonds is 4. The smallest absolute Gasteiger partial charge is 0.163 e. The summed E-state index contributed by atoms with van der Waals surface area (Å²) in [7, 11) is 0. The molecule has 1 N–H and O–H groups in total. The van der Waals surface area contributed by atoms with Crippen LogP contribution in [-0.4, -0.2) is 17.5 Å². The number of Topliss-reactive ketones (excluding diaryl/α,β-unsaturated/α-hetero) is 1. The van der Waals surface area contributed by atoms with Gasteiger partial charge in [0.25, 0.3) is 0 Å². The lowest BCUT2D eigenvalue weighted by atomic mass is 9.81. The largest absolute Gasteiger partial charge is 0.395 e. The Bertz CT molecular complexity index is 440. The number of aliphatic hydroxyl groups is 1. The van der Waals surface area contributed by atoms with Crippen molar-refractivity contribution < 1.29 is 9.90 Å². The molecule has 2 aliphatic rings. The van der Waals surface area contributed by atoms with Gasteiger partial charge in [0.15, 0.2) is 5.78 Å². The molecule has 2 nitrogen and oxygen atoms in total. The maximum absolute atomic E-state index is 12.1. The highest BCUT2D eigenvalue weighted by atomic mass is 16.3. The van der Waals surface area contributed by atoms with Gasteiger partial charge < -0.3 is 5.11 Å². The Morgan fingerprint density at radius 3 is 2.89 bits per heavy atom. The van der Waals surface area contributed by atoms with Crippen molar-refractivity contribution in [2.24, 2.45) is 11.3 Å². The normalized spacial score (nSPS) is 30.3. The molecule has 96 valence electrons. The summed E-state index contributed by atoms with van der Waals surface area (Å²) in [4.78, 5) is 12.1. The van der Waals surface area contributed by atoms with Crippen molar-refractivity contribution in [2.45, 2.75) is 26.2 Å². The van der Waals surface area contributed by atoms with Crippen molar-refractivity contribution in [3.8, 4) is 0 Å². The second-order valence-corrected chi connectivity index (χ2v) is 5.45. The van der Waals surface area contributed by atoms with Crippen LogP contribution in [0.2, 0.25) is 0 Å². The SMILES string of the molecule is CC1(CO)C=CC(C(=O)CC2C=CC=CC2)=CC1. The highest BCUT2D eigenvalue weighted by Gasteiger charge is 2.23. The molecule has 0 fully saturated rings. The van der Waals surface area contributed by atoms with Gasteiger partial charge in [0, 0.05) is 17.4 Å². The highest BCUT2D eigenvalue weighted by molar-refractivity contribution is 5.98. The van der Waals surface area contributed by atoms with Gasteiger partial charge in [-0.1, -0.05) is 49.5 Å². The average Bonchev–Trinajstić information content (AvgIpc) is 2.40. The van der Waals surface area contributed by atoms with Gasteiger partial charge in [0.1, 0.15) is 0 Å². The van der Waals surface area contributed by atoms with E-state index in [1.165, 1.54) is 0 Å². The van der Waals surface area contributed by atoms with Crippen LogP contribution in [0.4, 0.5) is 0 Å². The molecular weight excluding hydrogens is 224 g/mol. The molecule has 0 spiro atoms. The number of ketones is 1. The number of carbonyl (C=O) groups excluding carboxylic acids is 1. The lowest BCUT2D eigenvalue weighted by Crippen LogP contribution is -2.21. The second-order valence-electron chi connectivity index (χ2n) is 5.45. The first-order valence-corrected chi connectivity index (χ1v) is 6.50. The van der Waals surface area contributed by atoms with Crippen LogP contribution in [0.15, 0.2) is 48.1 Å². The van der Waals surface area contributed by atoms with E-state index in [0.717, 1.165) is 18.4 Å². The lowest BCUT2D eigenvalue weighted by Gasteiger charge is -2.25. The Hall–Kier alpha value is -1.41. The van der Waals surface area contributed by atoms with Gasteiger partial charge in [-0.05, 0) is 18.8 Å². The summed E-state index contributed by atoms with van der Waals surface area (Å²) in [6.07, 6.45) is 16.3. The van der Waals surface area contributed by atoms with Crippen molar-refractivity contribution >= 4 is 5.78 Å². The number of hydrogen-bond donors (Lipinski definition) is 1. The number of carbonyl (C=O) groups is 1. The van der Waals surface area contributed by atoms with Gasteiger partial charge in [0.05, 0.1) is 6.61 Å². The summed E-state index contributed by atoms with van der Waals surface area (Å²) < 4.78 is 0. The van der Waals surface area contributed by atoms with Crippen LogP contribution in [0.3, 0.4) is 0 Å². The quantitative estimate of drug-likeness (QED) is 0.825. The molecule has 0 aromatic rings. The zero-order valence-electron chi connectivity index (χ0n) is 10.8. The first-order valence-electron chi connectivity index (χ1n) is 6.50. The molecule has 2 heteroatoms. The molecular formula is C16H20O2. The predicted molar refractivity (Wildman–Crippen MR) is 73.0 cm³/mol. The third-order valence-electron chi connectivity index (χ3n) is 3.65. The topological polar surface area (TPSA) is 37.3 Å². The molecule has 0 bridgehead atoms. The molecule has 2 unspecified atom stereocenters. The van der Waals surface area contributed by atoms with E-state index in [-0.39, 0.29) is 17.8 Å². The van der Waals surface area contributed by atoms with E-state index in [9.17, 15) is 9.90 Å². The molecule has 0 aliphatic heterocycles. The fourth-order valence-electron chi connectivity index (χ4n) is 2.23. The van der Waals surface area contributed by atoms with Crippen molar-refractivity contribution in [1.29, 1.82) is 0 Å². The third kappa shape index (κ3) is 3.08. The maximum atomic E-state index is 12.1. The Morgan fingerprint density at radius 2 is 2.33 bits per heavy atom. The Morgan fingerprint density at radius 1 is 1.50 bits per heavy atom. The van der Waals surface area contributed by atoms with Crippen molar-refractivity contribution in [3.63, 3.8) is 0 Å². The van der Waals surface area contributed by atoms with E-state index >= 15 is 0 Å². The van der Waals surface area contributed by atoms with E-state index < -0.39 is 0 Å². The summed E-state index contributed by atoms with van der Waals surface area (Å²) in [5.74, 6) is 0.541. The summed E-state index contributed by atoms with van der Waals surface area (Å²) >= 11 is 0. The van der Waals surface area contributed by atoms with Crippen LogP contribution in [0.5, 0.6) is 0 Å². The van der Waals surface area contributed by atoms with Crippen LogP contribution in [0.25, 0.3) is 0 Å². The van der Waals surface area contributed by atoms with Crippen molar-refractivity contribution in [3.05, 3.63) is 48.1 Å². The molecule has 2 rings (SSSR count). The van der Waals surface area contributed by atoms with Crippen LogP contribution < -0.4 is 0 Å². The number of hydrogen-bond acceptors (Lipinski definition) is 2. The minimum Gasteiger partial charge on any atom is -0.395 e. The monoisotopic (exact) mass is 244 g/mol. The maximum Gasteiger partial charge on any atom is 0.163 e. The third-order valence-corrected chi connectivity index (χ3v) is 3.65. The summed E-state index contributed by atoms with van der Waals surface area (Å²) in [5.41, 5.74) is 0.598. The molecule has 18 heavy (non-hydrogen) atoms. The molecule has 0 amide bonds. The van der Waals surface area contributed by atoms with Gasteiger partial charge in [-0.2, -0.15) is 0 Å². The summed E-state index contributed by atoms with van der Waals surface area (Å²) in [5, 5.41) is 9.25. The molecule has 2 aliphatic carbocycles. The molecule has 0 heterocycles. The van der Waals surface area contributed by atoms with E-state index in [0.29, 0.717) is 12.3 Å². The first kappa shape index (κ1) is 13.0. The van der Waals surface area contributed by atoms with E-state index in [1.54, 1.807) is 0 Å². The van der Waals surface area contributed by atoms with Gasteiger partial charge in [-0.15, -0.1) is 0 Å². The number of aliphatic hydroxyl groups excluding tert-OH is 1. The Kier molecular flexibility index (Phi) is 3.97.